The zero-order valence-electron chi connectivity index (χ0n) is 9.22. The van der Waals surface area contributed by atoms with Crippen molar-refractivity contribution in [1.82, 2.24) is 4.90 Å². The first-order valence-electron chi connectivity index (χ1n) is 5.37. The molecule has 1 unspecified atom stereocenters. The molecule has 1 rings (SSSR count). The average molecular weight is 244 g/mol. The molecule has 0 bridgehead atoms. The highest BCUT2D eigenvalue weighted by molar-refractivity contribution is 6.18. The summed E-state index contributed by atoms with van der Waals surface area (Å²) in [4.78, 5) is 1.99. The molecule has 16 heavy (non-hydrogen) atoms. The number of alkyl halides is 1. The van der Waals surface area contributed by atoms with Gasteiger partial charge in [-0.2, -0.15) is 0 Å². The minimum atomic E-state index is -0.545. The fraction of sp³-hybridized carbons (Fsp3) is 0.500. The van der Waals surface area contributed by atoms with E-state index in [1.165, 1.54) is 0 Å². The molecular weight excluding hydrogens is 226 g/mol. The molecule has 0 saturated carbocycles. The molecule has 1 aromatic rings. The molecule has 2 N–H and O–H groups in total. The summed E-state index contributed by atoms with van der Waals surface area (Å²) < 4.78 is 0. The SMILES string of the molecule is OCCN(Cc1ccccc1)CC(O)CCl. The van der Waals surface area contributed by atoms with Gasteiger partial charge in [0.05, 0.1) is 12.7 Å². The summed E-state index contributed by atoms with van der Waals surface area (Å²) in [5, 5.41) is 18.4. The van der Waals surface area contributed by atoms with Gasteiger partial charge in [0.1, 0.15) is 0 Å². The Morgan fingerprint density at radius 2 is 1.94 bits per heavy atom. The molecule has 1 aromatic carbocycles. The molecule has 0 heterocycles. The summed E-state index contributed by atoms with van der Waals surface area (Å²) in [5.74, 6) is 0.219. The molecule has 0 aromatic heterocycles. The van der Waals surface area contributed by atoms with Crippen molar-refractivity contribution in [1.29, 1.82) is 0 Å². The lowest BCUT2D eigenvalue weighted by atomic mass is 10.2. The normalized spacial score (nSPS) is 13.0. The van der Waals surface area contributed by atoms with Crippen molar-refractivity contribution >= 4 is 11.6 Å². The second-order valence-electron chi connectivity index (χ2n) is 3.75. The Labute approximate surface area is 101 Å². The van der Waals surface area contributed by atoms with Crippen LogP contribution in [0.1, 0.15) is 5.56 Å². The van der Waals surface area contributed by atoms with E-state index >= 15 is 0 Å². The zero-order valence-corrected chi connectivity index (χ0v) is 9.98. The van der Waals surface area contributed by atoms with Gasteiger partial charge in [-0.3, -0.25) is 4.90 Å². The van der Waals surface area contributed by atoms with E-state index in [0.717, 1.165) is 12.1 Å². The maximum atomic E-state index is 9.48. The predicted molar refractivity (Wildman–Crippen MR) is 65.5 cm³/mol. The zero-order chi connectivity index (χ0) is 11.8. The van der Waals surface area contributed by atoms with Crippen molar-refractivity contribution < 1.29 is 10.2 Å². The van der Waals surface area contributed by atoms with Crippen LogP contribution >= 0.6 is 11.6 Å². The fourth-order valence-electron chi connectivity index (χ4n) is 1.56. The Morgan fingerprint density at radius 3 is 2.50 bits per heavy atom. The average Bonchev–Trinajstić information content (AvgIpc) is 2.30. The van der Waals surface area contributed by atoms with Crippen LogP contribution in [0.15, 0.2) is 30.3 Å². The molecule has 1 atom stereocenters. The Balaban J connectivity index is 2.50. The van der Waals surface area contributed by atoms with E-state index in [-0.39, 0.29) is 12.5 Å². The third-order valence-electron chi connectivity index (χ3n) is 2.31. The minimum absolute atomic E-state index is 0.0852. The number of aliphatic hydroxyl groups is 2. The summed E-state index contributed by atoms with van der Waals surface area (Å²) in [6.07, 6.45) is -0.545. The van der Waals surface area contributed by atoms with Gasteiger partial charge >= 0.3 is 0 Å². The van der Waals surface area contributed by atoms with Crippen LogP contribution in [0.5, 0.6) is 0 Å². The van der Waals surface area contributed by atoms with E-state index < -0.39 is 6.10 Å². The van der Waals surface area contributed by atoms with E-state index in [1.54, 1.807) is 0 Å². The molecule has 4 heteroatoms. The van der Waals surface area contributed by atoms with Gasteiger partial charge in [-0.05, 0) is 5.56 Å². The maximum absolute atomic E-state index is 9.48. The molecule has 0 spiro atoms. The highest BCUT2D eigenvalue weighted by atomic mass is 35.5. The second-order valence-corrected chi connectivity index (χ2v) is 4.06. The monoisotopic (exact) mass is 243 g/mol. The standard InChI is InChI=1S/C12H18ClNO2/c13-8-12(16)10-14(6-7-15)9-11-4-2-1-3-5-11/h1-5,12,15-16H,6-10H2. The molecule has 0 aliphatic rings. The first-order chi connectivity index (χ1) is 7.76. The van der Waals surface area contributed by atoms with Gasteiger partial charge in [0, 0.05) is 25.5 Å². The van der Waals surface area contributed by atoms with E-state index in [0.29, 0.717) is 13.1 Å². The molecule has 90 valence electrons. The molecule has 0 aliphatic heterocycles. The molecule has 0 aliphatic carbocycles. The van der Waals surface area contributed by atoms with Crippen LogP contribution in [0.25, 0.3) is 0 Å². The first kappa shape index (κ1) is 13.5. The Hall–Kier alpha value is -0.610. The van der Waals surface area contributed by atoms with Crippen molar-refractivity contribution in [2.75, 3.05) is 25.6 Å². The lowest BCUT2D eigenvalue weighted by Gasteiger charge is -2.23. The van der Waals surface area contributed by atoms with Gasteiger partial charge in [0.15, 0.2) is 0 Å². The summed E-state index contributed by atoms with van der Waals surface area (Å²) in [6, 6.07) is 9.97. The van der Waals surface area contributed by atoms with Crippen molar-refractivity contribution in [3.8, 4) is 0 Å². The van der Waals surface area contributed by atoms with Gasteiger partial charge in [-0.15, -0.1) is 11.6 Å². The fourth-order valence-corrected chi connectivity index (χ4v) is 1.66. The Kier molecular flexibility index (Phi) is 6.42. The van der Waals surface area contributed by atoms with Crippen molar-refractivity contribution in [3.63, 3.8) is 0 Å². The highest BCUT2D eigenvalue weighted by Gasteiger charge is 2.10. The summed E-state index contributed by atoms with van der Waals surface area (Å²) in [5.41, 5.74) is 1.16. The van der Waals surface area contributed by atoms with Crippen LogP contribution in [0.4, 0.5) is 0 Å². The number of benzene rings is 1. The van der Waals surface area contributed by atoms with Crippen LogP contribution < -0.4 is 0 Å². The molecule has 0 radical (unpaired) electrons. The van der Waals surface area contributed by atoms with E-state index in [1.807, 2.05) is 35.2 Å². The topological polar surface area (TPSA) is 43.7 Å². The van der Waals surface area contributed by atoms with Crippen molar-refractivity contribution in [2.45, 2.75) is 12.6 Å². The number of halogens is 1. The predicted octanol–water partition coefficient (Wildman–Crippen LogP) is 1.08. The molecule has 0 amide bonds. The van der Waals surface area contributed by atoms with Crippen LogP contribution in [0.3, 0.4) is 0 Å². The summed E-state index contributed by atoms with van der Waals surface area (Å²) >= 11 is 5.56. The van der Waals surface area contributed by atoms with Gasteiger partial charge in [0.25, 0.3) is 0 Å². The van der Waals surface area contributed by atoms with Gasteiger partial charge < -0.3 is 10.2 Å². The largest absolute Gasteiger partial charge is 0.395 e. The second kappa shape index (κ2) is 7.63. The smallest absolute Gasteiger partial charge is 0.0802 e. The minimum Gasteiger partial charge on any atom is -0.395 e. The van der Waals surface area contributed by atoms with Crippen molar-refractivity contribution in [2.24, 2.45) is 0 Å². The van der Waals surface area contributed by atoms with Crippen LogP contribution in [0, 0.1) is 0 Å². The lowest BCUT2D eigenvalue weighted by molar-refractivity contribution is 0.109. The molecule has 0 fully saturated rings. The maximum Gasteiger partial charge on any atom is 0.0802 e. The quantitative estimate of drug-likeness (QED) is 0.705. The van der Waals surface area contributed by atoms with Crippen LogP contribution in [0.2, 0.25) is 0 Å². The highest BCUT2D eigenvalue weighted by Crippen LogP contribution is 2.05. The molecular formula is C12H18ClNO2. The van der Waals surface area contributed by atoms with Crippen LogP contribution in [-0.4, -0.2) is 46.8 Å². The molecule has 3 nitrogen and oxygen atoms in total. The number of hydrogen-bond acceptors (Lipinski definition) is 3. The third-order valence-corrected chi connectivity index (χ3v) is 2.67. The number of rotatable bonds is 7. The van der Waals surface area contributed by atoms with Crippen LogP contribution in [-0.2, 0) is 6.54 Å². The van der Waals surface area contributed by atoms with E-state index in [4.69, 9.17) is 16.7 Å². The number of nitrogens with zero attached hydrogens (tertiary/aromatic N) is 1. The Morgan fingerprint density at radius 1 is 1.25 bits per heavy atom. The van der Waals surface area contributed by atoms with E-state index in [2.05, 4.69) is 0 Å². The summed E-state index contributed by atoms with van der Waals surface area (Å²) in [6.45, 7) is 1.83. The number of aliphatic hydroxyl groups excluding tert-OH is 2. The van der Waals surface area contributed by atoms with E-state index in [9.17, 15) is 5.11 Å². The van der Waals surface area contributed by atoms with Gasteiger partial charge in [0.2, 0.25) is 0 Å². The Bertz CT molecular complexity index is 282. The lowest BCUT2D eigenvalue weighted by Crippen LogP contribution is -2.34. The van der Waals surface area contributed by atoms with Crippen molar-refractivity contribution in [3.05, 3.63) is 35.9 Å². The van der Waals surface area contributed by atoms with Gasteiger partial charge in [-0.1, -0.05) is 30.3 Å². The molecule has 0 saturated heterocycles. The first-order valence-corrected chi connectivity index (χ1v) is 5.91. The van der Waals surface area contributed by atoms with Gasteiger partial charge in [-0.25, -0.2) is 0 Å². The third kappa shape index (κ3) is 4.94. The summed E-state index contributed by atoms with van der Waals surface area (Å²) in [7, 11) is 0. The number of hydrogen-bond donors (Lipinski definition) is 2.